The molecule has 1 amide bonds. The predicted octanol–water partition coefficient (Wildman–Crippen LogP) is 3.77. The molecule has 28 heavy (non-hydrogen) atoms. The maximum Gasteiger partial charge on any atom is 0.224 e. The number of aromatic amines is 1. The second-order valence-electron chi connectivity index (χ2n) is 7.46. The van der Waals surface area contributed by atoms with Gasteiger partial charge in [0.2, 0.25) is 5.91 Å². The van der Waals surface area contributed by atoms with Crippen LogP contribution in [0.15, 0.2) is 42.6 Å². The Morgan fingerprint density at radius 3 is 2.96 bits per heavy atom. The van der Waals surface area contributed by atoms with Gasteiger partial charge in [0.25, 0.3) is 0 Å². The molecule has 0 saturated heterocycles. The first-order valence-corrected chi connectivity index (χ1v) is 9.65. The molecule has 0 atom stereocenters. The number of benzene rings is 1. The molecule has 7 heteroatoms. The van der Waals surface area contributed by atoms with Crippen LogP contribution in [-0.2, 0) is 17.6 Å². The third-order valence-corrected chi connectivity index (χ3v) is 4.60. The van der Waals surface area contributed by atoms with Crippen LogP contribution in [0.2, 0.25) is 0 Å². The first kappa shape index (κ1) is 18.2. The molecule has 0 bridgehead atoms. The van der Waals surface area contributed by atoms with Gasteiger partial charge in [-0.1, -0.05) is 19.9 Å². The van der Waals surface area contributed by atoms with E-state index in [1.54, 1.807) is 0 Å². The normalized spacial score (nSPS) is 11.5. The molecule has 0 unspecified atom stereocenters. The maximum atomic E-state index is 12.3. The van der Waals surface area contributed by atoms with Gasteiger partial charge < -0.3 is 10.3 Å². The summed E-state index contributed by atoms with van der Waals surface area (Å²) in [6.07, 6.45) is 4.70. The van der Waals surface area contributed by atoms with E-state index in [0.717, 1.165) is 40.4 Å². The molecular weight excluding hydrogens is 352 g/mol. The van der Waals surface area contributed by atoms with Gasteiger partial charge in [0.1, 0.15) is 11.6 Å². The summed E-state index contributed by atoms with van der Waals surface area (Å²) in [6.45, 7) is 4.34. The molecule has 0 aliphatic rings. The van der Waals surface area contributed by atoms with Gasteiger partial charge in [-0.25, -0.2) is 4.98 Å². The summed E-state index contributed by atoms with van der Waals surface area (Å²) >= 11 is 0. The number of pyridine rings is 1. The van der Waals surface area contributed by atoms with E-state index in [9.17, 15) is 4.79 Å². The molecule has 7 nitrogen and oxygen atoms in total. The Morgan fingerprint density at radius 2 is 2.11 bits per heavy atom. The molecular formula is C21H24N6O. The third kappa shape index (κ3) is 4.03. The highest BCUT2D eigenvalue weighted by Gasteiger charge is 2.09. The summed E-state index contributed by atoms with van der Waals surface area (Å²) in [6, 6.07) is 11.6. The highest BCUT2D eigenvalue weighted by atomic mass is 16.1. The van der Waals surface area contributed by atoms with Crippen molar-refractivity contribution >= 4 is 28.3 Å². The fourth-order valence-corrected chi connectivity index (χ4v) is 3.32. The van der Waals surface area contributed by atoms with Crippen LogP contribution in [0, 0.1) is 5.92 Å². The van der Waals surface area contributed by atoms with Gasteiger partial charge in [-0.3, -0.25) is 9.20 Å². The molecule has 0 aliphatic carbocycles. The lowest BCUT2D eigenvalue weighted by Crippen LogP contribution is -2.11. The van der Waals surface area contributed by atoms with Crippen molar-refractivity contribution in [3.8, 4) is 0 Å². The summed E-state index contributed by atoms with van der Waals surface area (Å²) in [5.41, 5.74) is 3.48. The van der Waals surface area contributed by atoms with E-state index < -0.39 is 0 Å². The lowest BCUT2D eigenvalue weighted by molar-refractivity contribution is -0.116. The number of imidazole rings is 1. The molecule has 0 spiro atoms. The van der Waals surface area contributed by atoms with Crippen molar-refractivity contribution in [3.05, 3.63) is 54.2 Å². The van der Waals surface area contributed by atoms with Crippen molar-refractivity contribution in [1.29, 1.82) is 0 Å². The maximum absolute atomic E-state index is 12.3. The zero-order valence-electron chi connectivity index (χ0n) is 16.1. The highest BCUT2D eigenvalue weighted by molar-refractivity contribution is 5.93. The van der Waals surface area contributed by atoms with Crippen LogP contribution >= 0.6 is 0 Å². The van der Waals surface area contributed by atoms with Crippen molar-refractivity contribution in [3.63, 3.8) is 0 Å². The molecule has 4 rings (SSSR count). The van der Waals surface area contributed by atoms with E-state index in [-0.39, 0.29) is 5.91 Å². The number of carbonyl (C=O) groups excluding carboxylic acids is 1. The summed E-state index contributed by atoms with van der Waals surface area (Å²) in [5, 5.41) is 11.3. The number of anilines is 1. The van der Waals surface area contributed by atoms with Gasteiger partial charge in [0.15, 0.2) is 5.65 Å². The van der Waals surface area contributed by atoms with Crippen LogP contribution in [0.3, 0.4) is 0 Å². The van der Waals surface area contributed by atoms with Gasteiger partial charge >= 0.3 is 0 Å². The fraction of sp³-hybridized carbons (Fsp3) is 0.333. The molecule has 144 valence electrons. The van der Waals surface area contributed by atoms with Crippen molar-refractivity contribution < 1.29 is 4.79 Å². The topological polar surface area (TPSA) is 88.0 Å². The number of amides is 1. The van der Waals surface area contributed by atoms with E-state index in [4.69, 9.17) is 0 Å². The number of aromatic nitrogens is 5. The molecule has 0 saturated carbocycles. The van der Waals surface area contributed by atoms with E-state index in [1.165, 1.54) is 0 Å². The number of carbonyl (C=O) groups is 1. The molecule has 4 aromatic rings. The van der Waals surface area contributed by atoms with Crippen LogP contribution < -0.4 is 5.32 Å². The van der Waals surface area contributed by atoms with Gasteiger partial charge in [0.05, 0.1) is 11.0 Å². The molecule has 3 heterocycles. The standard InChI is InChI=1S/C21H24N6O/c1-14(2)12-18-23-16-10-9-15(13-17(16)24-18)22-21(28)8-5-7-20-26-25-19-6-3-4-11-27(19)20/h3-4,6,9-11,13-14H,5,7-8,12H2,1-2H3,(H,22,28)(H,23,24). The van der Waals surface area contributed by atoms with Gasteiger partial charge in [0, 0.05) is 31.1 Å². The largest absolute Gasteiger partial charge is 0.342 e. The summed E-state index contributed by atoms with van der Waals surface area (Å²) in [5.74, 6) is 2.39. The van der Waals surface area contributed by atoms with E-state index in [0.29, 0.717) is 25.2 Å². The van der Waals surface area contributed by atoms with Crippen molar-refractivity contribution in [2.24, 2.45) is 5.92 Å². The van der Waals surface area contributed by atoms with E-state index in [2.05, 4.69) is 39.3 Å². The minimum absolute atomic E-state index is 0.00455. The average Bonchev–Trinajstić information content (AvgIpc) is 3.24. The SMILES string of the molecule is CC(C)Cc1nc2ccc(NC(=O)CCCc3nnc4ccccn34)cc2[nH]1. The number of hydrogen-bond donors (Lipinski definition) is 2. The van der Waals surface area contributed by atoms with Gasteiger partial charge in [-0.15, -0.1) is 10.2 Å². The number of fused-ring (bicyclic) bond motifs is 2. The lowest BCUT2D eigenvalue weighted by atomic mass is 10.1. The Morgan fingerprint density at radius 1 is 1.21 bits per heavy atom. The molecule has 3 aromatic heterocycles. The summed E-state index contributed by atoms with van der Waals surface area (Å²) in [4.78, 5) is 20.2. The Labute approximate surface area is 163 Å². The number of aryl methyl sites for hydroxylation is 1. The first-order chi connectivity index (χ1) is 13.6. The Hall–Kier alpha value is -3.22. The highest BCUT2D eigenvalue weighted by Crippen LogP contribution is 2.19. The Kier molecular flexibility index (Phi) is 5.06. The fourth-order valence-electron chi connectivity index (χ4n) is 3.32. The van der Waals surface area contributed by atoms with Crippen molar-refractivity contribution in [2.45, 2.75) is 39.5 Å². The van der Waals surface area contributed by atoms with Crippen LogP contribution in [0.25, 0.3) is 16.7 Å². The predicted molar refractivity (Wildman–Crippen MR) is 109 cm³/mol. The summed E-state index contributed by atoms with van der Waals surface area (Å²) in [7, 11) is 0. The molecule has 0 aliphatic heterocycles. The van der Waals surface area contributed by atoms with Crippen LogP contribution in [0.5, 0.6) is 0 Å². The molecule has 2 N–H and O–H groups in total. The first-order valence-electron chi connectivity index (χ1n) is 9.65. The minimum atomic E-state index is -0.00455. The van der Waals surface area contributed by atoms with E-state index in [1.807, 2.05) is 47.0 Å². The zero-order valence-corrected chi connectivity index (χ0v) is 16.1. The van der Waals surface area contributed by atoms with E-state index >= 15 is 0 Å². The third-order valence-electron chi connectivity index (χ3n) is 4.60. The monoisotopic (exact) mass is 376 g/mol. The van der Waals surface area contributed by atoms with Crippen LogP contribution in [0.4, 0.5) is 5.69 Å². The molecule has 0 fully saturated rings. The second-order valence-corrected chi connectivity index (χ2v) is 7.46. The number of hydrogen-bond acceptors (Lipinski definition) is 4. The second kappa shape index (κ2) is 7.80. The van der Waals surface area contributed by atoms with Crippen LogP contribution in [0.1, 0.15) is 38.3 Å². The molecule has 0 radical (unpaired) electrons. The Bertz CT molecular complexity index is 1110. The lowest BCUT2D eigenvalue weighted by Gasteiger charge is -2.05. The van der Waals surface area contributed by atoms with Gasteiger partial charge in [-0.2, -0.15) is 0 Å². The average molecular weight is 376 g/mol. The Balaban J connectivity index is 1.34. The number of H-pyrrole nitrogens is 1. The van der Waals surface area contributed by atoms with Crippen molar-refractivity contribution in [2.75, 3.05) is 5.32 Å². The molecule has 1 aromatic carbocycles. The number of nitrogens with one attached hydrogen (secondary N) is 2. The van der Waals surface area contributed by atoms with Crippen molar-refractivity contribution in [1.82, 2.24) is 24.6 Å². The van der Waals surface area contributed by atoms with Crippen LogP contribution in [-0.4, -0.2) is 30.5 Å². The zero-order chi connectivity index (χ0) is 19.5. The number of nitrogens with zero attached hydrogens (tertiary/aromatic N) is 4. The smallest absolute Gasteiger partial charge is 0.224 e. The van der Waals surface area contributed by atoms with Gasteiger partial charge in [-0.05, 0) is 42.7 Å². The number of rotatable bonds is 7. The minimum Gasteiger partial charge on any atom is -0.342 e. The quantitative estimate of drug-likeness (QED) is 0.514. The summed E-state index contributed by atoms with van der Waals surface area (Å²) < 4.78 is 1.96.